The van der Waals surface area contributed by atoms with Crippen molar-refractivity contribution in [1.82, 2.24) is 41.7 Å². The fourth-order valence-corrected chi connectivity index (χ4v) is 11.6. The summed E-state index contributed by atoms with van der Waals surface area (Å²) in [4.78, 5) is 76.5. The van der Waals surface area contributed by atoms with Crippen LogP contribution in [0.15, 0.2) is 12.7 Å². The van der Waals surface area contributed by atoms with Crippen molar-refractivity contribution in [2.45, 2.75) is 174 Å². The summed E-state index contributed by atoms with van der Waals surface area (Å²) in [6, 6.07) is -2.70. The van der Waals surface area contributed by atoms with Crippen LogP contribution in [-0.2, 0) is 24.0 Å². The molecular weight excluding hydrogens is 747 g/mol. The molecule has 14 heteroatoms. The Balaban J connectivity index is 1.26. The minimum absolute atomic E-state index is 0.0395. The Morgan fingerprint density at radius 3 is 2.14 bits per heavy atom. The Hall–Kier alpha value is -3.07. The molecule has 6 rings (SSSR count). The smallest absolute Gasteiger partial charge is 0.261 e. The summed E-state index contributed by atoms with van der Waals surface area (Å²) in [5.41, 5.74) is 9.47. The van der Waals surface area contributed by atoms with Crippen LogP contribution in [0, 0.1) is 34.0 Å². The first-order chi connectivity index (χ1) is 27.9. The number of rotatable bonds is 16. The van der Waals surface area contributed by atoms with Crippen LogP contribution >= 0.6 is 0 Å². The standard InChI is InChI=1S/C45H77N9O5/c1-9-31-26-45(31,41(59)50-51-52-23-15-16-24-52)49-38(56)33-27-44(34(21-17-22-46)43(44,7)8)28-54(33)40(58)36(42(4,5)6)48-39(57)35(30-18-11-10-12-19-30)47-37(55)32-20-13-14-25-53(32)29(2)3/h9,29-36,51H,1,10-28,46H2,2-8H3,(H,47,55)(H,48,57)(H,49,56)(H,50,59)/t31-,32?,33?,34?,35?,36-,44+,45-/m1/s1. The topological polar surface area (TPSA) is 181 Å². The molecule has 6 aliphatic rings. The Labute approximate surface area is 353 Å². The molecule has 1 spiro atoms. The Bertz CT molecular complexity index is 1570. The van der Waals surface area contributed by atoms with Gasteiger partial charge < -0.3 is 26.6 Å². The van der Waals surface area contributed by atoms with Crippen molar-refractivity contribution in [3.8, 4) is 0 Å². The van der Waals surface area contributed by atoms with Crippen molar-refractivity contribution in [1.29, 1.82) is 0 Å². The molecule has 5 amide bonds. The van der Waals surface area contributed by atoms with Gasteiger partial charge in [0.15, 0.2) is 0 Å². The van der Waals surface area contributed by atoms with Crippen LogP contribution in [0.25, 0.3) is 0 Å². The van der Waals surface area contributed by atoms with E-state index in [1.54, 1.807) is 11.0 Å². The summed E-state index contributed by atoms with van der Waals surface area (Å²) in [5, 5.41) is 11.5. The molecule has 14 nitrogen and oxygen atoms in total. The minimum atomic E-state index is -1.18. The highest BCUT2D eigenvalue weighted by molar-refractivity contribution is 5.99. The number of likely N-dealkylation sites (tertiary alicyclic amines) is 2. The van der Waals surface area contributed by atoms with E-state index in [1.807, 2.05) is 25.8 Å². The van der Waals surface area contributed by atoms with Crippen molar-refractivity contribution >= 4 is 29.5 Å². The summed E-state index contributed by atoms with van der Waals surface area (Å²) in [6.07, 6.45) is 13.9. The first-order valence-corrected chi connectivity index (χ1v) is 23.0. The molecule has 0 bridgehead atoms. The van der Waals surface area contributed by atoms with E-state index in [1.165, 1.54) is 0 Å². The van der Waals surface area contributed by atoms with Crippen molar-refractivity contribution in [2.75, 3.05) is 32.7 Å². The van der Waals surface area contributed by atoms with E-state index in [-0.39, 0.29) is 70.2 Å². The van der Waals surface area contributed by atoms with Gasteiger partial charge in [-0.2, -0.15) is 5.53 Å². The maximum atomic E-state index is 15.3. The predicted molar refractivity (Wildman–Crippen MR) is 229 cm³/mol. The Morgan fingerprint density at radius 1 is 0.864 bits per heavy atom. The van der Waals surface area contributed by atoms with Crippen LogP contribution in [0.4, 0.5) is 0 Å². The van der Waals surface area contributed by atoms with E-state index >= 15 is 4.79 Å². The third-order valence-electron chi connectivity index (χ3n) is 15.5. The van der Waals surface area contributed by atoms with Crippen LogP contribution < -0.4 is 32.6 Å². The lowest BCUT2D eigenvalue weighted by Crippen LogP contribution is -2.63. The summed E-state index contributed by atoms with van der Waals surface area (Å²) in [6.45, 7) is 21.8. The summed E-state index contributed by atoms with van der Waals surface area (Å²) >= 11 is 0. The van der Waals surface area contributed by atoms with E-state index in [4.69, 9.17) is 5.73 Å². The minimum Gasteiger partial charge on any atom is -0.343 e. The van der Waals surface area contributed by atoms with Gasteiger partial charge in [0.2, 0.25) is 23.6 Å². The van der Waals surface area contributed by atoms with Crippen molar-refractivity contribution < 1.29 is 24.0 Å². The lowest BCUT2D eigenvalue weighted by molar-refractivity contribution is -0.145. The SMILES string of the molecule is C=C[C@@H]1C[C@]1(NC(=O)C1C[C@]2(CN1C(=O)[C@@H](NC(=O)C(NC(=O)C1CCCCN1C(C)C)C1CCCCC1)C(C)(C)C)C(CCCN)C2(C)C)C(=O)NNN1CCCC1. The molecule has 3 saturated carbocycles. The van der Waals surface area contributed by atoms with Crippen LogP contribution in [0.3, 0.4) is 0 Å². The molecule has 8 atom stereocenters. The number of amides is 5. The molecule has 59 heavy (non-hydrogen) atoms. The van der Waals surface area contributed by atoms with Gasteiger partial charge in [-0.1, -0.05) is 66.4 Å². The van der Waals surface area contributed by atoms with Gasteiger partial charge in [0.1, 0.15) is 23.7 Å². The van der Waals surface area contributed by atoms with E-state index in [0.717, 1.165) is 96.7 Å². The Morgan fingerprint density at radius 2 is 1.53 bits per heavy atom. The van der Waals surface area contributed by atoms with Crippen molar-refractivity contribution in [3.05, 3.63) is 12.7 Å². The number of carbonyl (C=O) groups is 5. The van der Waals surface area contributed by atoms with Gasteiger partial charge in [-0.15, -0.1) is 6.58 Å². The zero-order valence-corrected chi connectivity index (χ0v) is 37.3. The maximum absolute atomic E-state index is 15.3. The molecule has 0 radical (unpaired) electrons. The second-order valence-electron chi connectivity index (χ2n) is 20.8. The zero-order valence-electron chi connectivity index (χ0n) is 37.3. The molecule has 0 aromatic rings. The third kappa shape index (κ3) is 9.26. The maximum Gasteiger partial charge on any atom is 0.261 e. The summed E-state index contributed by atoms with van der Waals surface area (Å²) < 4.78 is 0. The molecule has 3 aliphatic carbocycles. The zero-order chi connectivity index (χ0) is 42.9. The van der Waals surface area contributed by atoms with Gasteiger partial charge in [0.05, 0.1) is 6.04 Å². The highest BCUT2D eigenvalue weighted by atomic mass is 16.2. The molecule has 0 aromatic carbocycles. The first kappa shape index (κ1) is 45.5. The van der Waals surface area contributed by atoms with Crippen LogP contribution in [0.2, 0.25) is 0 Å². The number of hydrazine groups is 2. The lowest BCUT2D eigenvalue weighted by atomic mass is 9.82. The molecule has 3 heterocycles. The van der Waals surface area contributed by atoms with Crippen LogP contribution in [0.1, 0.15) is 138 Å². The van der Waals surface area contributed by atoms with E-state index in [0.29, 0.717) is 25.9 Å². The van der Waals surface area contributed by atoms with Gasteiger partial charge >= 0.3 is 0 Å². The normalized spacial score (nSPS) is 32.1. The van der Waals surface area contributed by atoms with Gasteiger partial charge in [0.25, 0.3) is 5.91 Å². The van der Waals surface area contributed by atoms with Gasteiger partial charge in [0, 0.05) is 31.6 Å². The number of nitrogens with two attached hydrogens (primary N) is 1. The fourth-order valence-electron chi connectivity index (χ4n) is 11.6. The number of piperidine rings is 1. The lowest BCUT2D eigenvalue weighted by Gasteiger charge is -2.40. The van der Waals surface area contributed by atoms with E-state index < -0.39 is 29.1 Å². The number of hydrogen-bond donors (Lipinski definition) is 6. The number of nitrogens with zero attached hydrogens (tertiary/aromatic N) is 3. The monoisotopic (exact) mass is 824 g/mol. The second-order valence-corrected chi connectivity index (χ2v) is 20.8. The largest absolute Gasteiger partial charge is 0.343 e. The molecule has 6 fully saturated rings. The highest BCUT2D eigenvalue weighted by Crippen LogP contribution is 2.75. The second kappa shape index (κ2) is 18.1. The van der Waals surface area contributed by atoms with Gasteiger partial charge in [-0.3, -0.25) is 34.3 Å². The van der Waals surface area contributed by atoms with Crippen molar-refractivity contribution in [3.63, 3.8) is 0 Å². The number of carbonyl (C=O) groups excluding carboxylic acids is 5. The molecule has 4 unspecified atom stereocenters. The molecule has 0 aromatic heterocycles. The van der Waals surface area contributed by atoms with Gasteiger partial charge in [-0.25, -0.2) is 5.01 Å². The van der Waals surface area contributed by atoms with Crippen LogP contribution in [0.5, 0.6) is 0 Å². The average molecular weight is 824 g/mol. The highest BCUT2D eigenvalue weighted by Gasteiger charge is 2.74. The van der Waals surface area contributed by atoms with Crippen LogP contribution in [-0.4, -0.2) is 113 Å². The molecule has 3 saturated heterocycles. The van der Waals surface area contributed by atoms with Gasteiger partial charge in [-0.05, 0) is 119 Å². The summed E-state index contributed by atoms with van der Waals surface area (Å²) in [5.74, 6) is -1.52. The quantitative estimate of drug-likeness (QED) is 0.100. The van der Waals surface area contributed by atoms with E-state index in [9.17, 15) is 19.2 Å². The molecule has 332 valence electrons. The third-order valence-corrected chi connectivity index (χ3v) is 15.5. The van der Waals surface area contributed by atoms with Crippen molar-refractivity contribution in [2.24, 2.45) is 39.7 Å². The molecule has 3 aliphatic heterocycles. The molecular formula is C45H77N9O5. The summed E-state index contributed by atoms with van der Waals surface area (Å²) in [7, 11) is 0. The Kier molecular flexibility index (Phi) is 14.0. The number of nitrogens with one attached hydrogen (secondary N) is 5. The average Bonchev–Trinajstić information content (AvgIpc) is 3.70. The molecule has 7 N–H and O–H groups in total. The van der Waals surface area contributed by atoms with E-state index in [2.05, 4.69) is 66.1 Å². The first-order valence-electron chi connectivity index (χ1n) is 23.0. The fraction of sp³-hybridized carbons (Fsp3) is 0.844. The number of hydrogen-bond acceptors (Lipinski definition) is 9. The predicted octanol–water partition coefficient (Wildman–Crippen LogP) is 3.52.